The number of benzene rings is 1. The molecule has 0 aliphatic carbocycles. The SMILES string of the molecule is CCOC(=O)c1cnn(-c2ccc(NC(=O)c3ccsc3)cc2)c1C. The van der Waals surface area contributed by atoms with Gasteiger partial charge < -0.3 is 10.1 Å². The molecule has 0 aliphatic heterocycles. The fourth-order valence-corrected chi connectivity index (χ4v) is 3.00. The van der Waals surface area contributed by atoms with Gasteiger partial charge in [0.2, 0.25) is 0 Å². The summed E-state index contributed by atoms with van der Waals surface area (Å²) < 4.78 is 6.68. The predicted octanol–water partition coefficient (Wildman–Crippen LogP) is 3.67. The molecule has 1 amide bonds. The smallest absolute Gasteiger partial charge is 0.341 e. The van der Waals surface area contributed by atoms with Gasteiger partial charge in [-0.15, -0.1) is 0 Å². The minimum absolute atomic E-state index is 0.145. The van der Waals surface area contributed by atoms with Crippen LogP contribution in [0.4, 0.5) is 5.69 Å². The van der Waals surface area contributed by atoms with E-state index >= 15 is 0 Å². The van der Waals surface area contributed by atoms with Crippen molar-refractivity contribution in [3.05, 3.63) is 64.1 Å². The molecule has 0 spiro atoms. The average Bonchev–Trinajstić information content (AvgIpc) is 3.26. The largest absolute Gasteiger partial charge is 0.462 e. The third-order valence-electron chi connectivity index (χ3n) is 3.66. The Kier molecular flexibility index (Phi) is 4.95. The van der Waals surface area contributed by atoms with Gasteiger partial charge in [-0.3, -0.25) is 4.79 Å². The number of rotatable bonds is 5. The molecule has 0 aliphatic rings. The van der Waals surface area contributed by atoms with Gasteiger partial charge in [-0.25, -0.2) is 9.48 Å². The van der Waals surface area contributed by atoms with Crippen molar-refractivity contribution in [3.8, 4) is 5.69 Å². The minimum Gasteiger partial charge on any atom is -0.462 e. The molecule has 1 aromatic carbocycles. The highest BCUT2D eigenvalue weighted by atomic mass is 32.1. The monoisotopic (exact) mass is 355 g/mol. The van der Waals surface area contributed by atoms with E-state index in [9.17, 15) is 9.59 Å². The number of thiophene rings is 1. The van der Waals surface area contributed by atoms with Crippen LogP contribution in [0.3, 0.4) is 0 Å². The lowest BCUT2D eigenvalue weighted by Gasteiger charge is -2.08. The quantitative estimate of drug-likeness (QED) is 0.709. The Hall–Kier alpha value is -2.93. The van der Waals surface area contributed by atoms with E-state index in [2.05, 4.69) is 10.4 Å². The van der Waals surface area contributed by atoms with E-state index in [1.54, 1.807) is 35.2 Å². The summed E-state index contributed by atoms with van der Waals surface area (Å²) in [4.78, 5) is 23.9. The topological polar surface area (TPSA) is 73.2 Å². The van der Waals surface area contributed by atoms with Crippen LogP contribution in [0, 0.1) is 6.92 Å². The third kappa shape index (κ3) is 3.61. The molecule has 3 rings (SSSR count). The molecule has 1 N–H and O–H groups in total. The molecule has 2 heterocycles. The first kappa shape index (κ1) is 16.9. The van der Waals surface area contributed by atoms with Crippen LogP contribution >= 0.6 is 11.3 Å². The van der Waals surface area contributed by atoms with Crippen LogP contribution in [-0.2, 0) is 4.74 Å². The first-order valence-electron chi connectivity index (χ1n) is 7.76. The van der Waals surface area contributed by atoms with Crippen molar-refractivity contribution >= 4 is 28.9 Å². The molecule has 6 nitrogen and oxygen atoms in total. The summed E-state index contributed by atoms with van der Waals surface area (Å²) in [7, 11) is 0. The van der Waals surface area contributed by atoms with Crippen LogP contribution in [0.2, 0.25) is 0 Å². The van der Waals surface area contributed by atoms with Gasteiger partial charge in [0, 0.05) is 11.1 Å². The summed E-state index contributed by atoms with van der Waals surface area (Å²) in [5.74, 6) is -0.528. The maximum atomic E-state index is 12.1. The second-order valence-corrected chi connectivity index (χ2v) is 6.07. The fraction of sp³-hybridized carbons (Fsp3) is 0.167. The molecule has 0 radical (unpaired) electrons. The van der Waals surface area contributed by atoms with E-state index in [1.807, 2.05) is 24.4 Å². The molecule has 3 aromatic rings. The summed E-state index contributed by atoms with van der Waals surface area (Å²) in [5.41, 5.74) is 3.26. The van der Waals surface area contributed by atoms with Crippen molar-refractivity contribution < 1.29 is 14.3 Å². The van der Waals surface area contributed by atoms with Crippen molar-refractivity contribution in [3.63, 3.8) is 0 Å². The zero-order chi connectivity index (χ0) is 17.8. The second kappa shape index (κ2) is 7.31. The molecule has 0 saturated heterocycles. The number of carbonyl (C=O) groups excluding carboxylic acids is 2. The fourth-order valence-electron chi connectivity index (χ4n) is 2.36. The molecule has 25 heavy (non-hydrogen) atoms. The van der Waals surface area contributed by atoms with Crippen LogP contribution < -0.4 is 5.32 Å². The highest BCUT2D eigenvalue weighted by Crippen LogP contribution is 2.18. The summed E-state index contributed by atoms with van der Waals surface area (Å²) in [6.45, 7) is 3.90. The predicted molar refractivity (Wildman–Crippen MR) is 96.5 cm³/mol. The Bertz CT molecular complexity index is 883. The van der Waals surface area contributed by atoms with Crippen LogP contribution in [0.1, 0.15) is 33.3 Å². The lowest BCUT2D eigenvalue weighted by molar-refractivity contribution is 0.0525. The van der Waals surface area contributed by atoms with E-state index < -0.39 is 0 Å². The average molecular weight is 355 g/mol. The summed E-state index contributed by atoms with van der Waals surface area (Å²) >= 11 is 1.48. The van der Waals surface area contributed by atoms with Crippen LogP contribution in [-0.4, -0.2) is 28.3 Å². The molecule has 0 saturated carbocycles. The summed E-state index contributed by atoms with van der Waals surface area (Å²) in [6.07, 6.45) is 1.50. The van der Waals surface area contributed by atoms with E-state index in [0.29, 0.717) is 29.1 Å². The number of carbonyl (C=O) groups is 2. The lowest BCUT2D eigenvalue weighted by atomic mass is 10.2. The minimum atomic E-state index is -0.383. The Morgan fingerprint density at radius 2 is 2.00 bits per heavy atom. The number of anilines is 1. The van der Waals surface area contributed by atoms with Gasteiger partial charge in [0.1, 0.15) is 5.56 Å². The molecule has 0 atom stereocenters. The van der Waals surface area contributed by atoms with E-state index in [4.69, 9.17) is 4.74 Å². The van der Waals surface area contributed by atoms with Gasteiger partial charge in [-0.1, -0.05) is 0 Å². The van der Waals surface area contributed by atoms with Crippen molar-refractivity contribution in [2.24, 2.45) is 0 Å². The maximum Gasteiger partial charge on any atom is 0.341 e. The number of nitrogens with one attached hydrogen (secondary N) is 1. The number of hydrogen-bond acceptors (Lipinski definition) is 5. The van der Waals surface area contributed by atoms with Crippen LogP contribution in [0.5, 0.6) is 0 Å². The number of amides is 1. The summed E-state index contributed by atoms with van der Waals surface area (Å²) in [6, 6.07) is 9.03. The highest BCUT2D eigenvalue weighted by Gasteiger charge is 2.16. The molecular formula is C18H17N3O3S. The van der Waals surface area contributed by atoms with Gasteiger partial charge in [-0.2, -0.15) is 16.4 Å². The molecule has 128 valence electrons. The number of aromatic nitrogens is 2. The Balaban J connectivity index is 1.77. The van der Waals surface area contributed by atoms with Crippen molar-refractivity contribution in [2.75, 3.05) is 11.9 Å². The van der Waals surface area contributed by atoms with Crippen molar-refractivity contribution in [2.45, 2.75) is 13.8 Å². The van der Waals surface area contributed by atoms with Gasteiger partial charge in [-0.05, 0) is 49.6 Å². The van der Waals surface area contributed by atoms with E-state index in [1.165, 1.54) is 17.5 Å². The van der Waals surface area contributed by atoms with Crippen LogP contribution in [0.25, 0.3) is 5.69 Å². The van der Waals surface area contributed by atoms with E-state index in [-0.39, 0.29) is 11.9 Å². The zero-order valence-electron chi connectivity index (χ0n) is 13.9. The third-order valence-corrected chi connectivity index (χ3v) is 4.34. The molecule has 2 aromatic heterocycles. The first-order chi connectivity index (χ1) is 12.1. The Morgan fingerprint density at radius 1 is 1.24 bits per heavy atom. The van der Waals surface area contributed by atoms with Gasteiger partial charge in [0.05, 0.1) is 29.7 Å². The molecular weight excluding hydrogens is 338 g/mol. The lowest BCUT2D eigenvalue weighted by Crippen LogP contribution is -2.11. The van der Waals surface area contributed by atoms with Crippen molar-refractivity contribution in [1.82, 2.24) is 9.78 Å². The number of nitrogens with zero attached hydrogens (tertiary/aromatic N) is 2. The van der Waals surface area contributed by atoms with E-state index in [0.717, 1.165) is 5.69 Å². The van der Waals surface area contributed by atoms with Gasteiger partial charge >= 0.3 is 5.97 Å². The standard InChI is InChI=1S/C18H17N3O3S/c1-3-24-18(23)16-10-19-21(12(16)2)15-6-4-14(5-7-15)20-17(22)13-8-9-25-11-13/h4-11H,3H2,1-2H3,(H,20,22). The second-order valence-electron chi connectivity index (χ2n) is 5.29. The molecule has 0 unspecified atom stereocenters. The molecule has 0 bridgehead atoms. The highest BCUT2D eigenvalue weighted by molar-refractivity contribution is 7.08. The van der Waals surface area contributed by atoms with Gasteiger partial charge in [0.15, 0.2) is 0 Å². The Morgan fingerprint density at radius 3 is 2.64 bits per heavy atom. The number of ether oxygens (including phenoxy) is 1. The molecule has 7 heteroatoms. The van der Waals surface area contributed by atoms with Crippen LogP contribution in [0.15, 0.2) is 47.3 Å². The van der Waals surface area contributed by atoms with Crippen molar-refractivity contribution in [1.29, 1.82) is 0 Å². The Labute approximate surface area is 149 Å². The number of esters is 1. The zero-order valence-corrected chi connectivity index (χ0v) is 14.7. The first-order valence-corrected chi connectivity index (χ1v) is 8.70. The molecule has 0 fully saturated rings. The maximum absolute atomic E-state index is 12.1. The van der Waals surface area contributed by atoms with Gasteiger partial charge in [0.25, 0.3) is 5.91 Å². The normalized spacial score (nSPS) is 10.5. The number of hydrogen-bond donors (Lipinski definition) is 1. The summed E-state index contributed by atoms with van der Waals surface area (Å²) in [5, 5.41) is 10.8.